The molecule has 1 N–H and O–H groups in total. The van der Waals surface area contributed by atoms with E-state index in [0.717, 1.165) is 30.9 Å². The second-order valence-electron chi connectivity index (χ2n) is 6.24. The van der Waals surface area contributed by atoms with Crippen LogP contribution in [0.25, 0.3) is 0 Å². The Bertz CT molecular complexity index is 619. The number of piperazine rings is 1. The third-order valence-corrected chi connectivity index (χ3v) is 4.17. The highest BCUT2D eigenvalue weighted by molar-refractivity contribution is 5.96. The molecule has 0 atom stereocenters. The van der Waals surface area contributed by atoms with Crippen LogP contribution in [-0.2, 0) is 0 Å². The van der Waals surface area contributed by atoms with Crippen LogP contribution in [0.15, 0.2) is 30.9 Å². The second-order valence-corrected chi connectivity index (χ2v) is 6.24. The first kappa shape index (κ1) is 18.0. The topological polar surface area (TPSA) is 55.9 Å². The van der Waals surface area contributed by atoms with Gasteiger partial charge in [-0.2, -0.15) is 0 Å². The van der Waals surface area contributed by atoms with Crippen LogP contribution in [0.2, 0.25) is 0 Å². The number of nitrogens with zero attached hydrogens (tertiary/aromatic N) is 3. The number of carbonyl (C=O) groups is 2. The van der Waals surface area contributed by atoms with Gasteiger partial charge in [0.2, 0.25) is 0 Å². The highest BCUT2D eigenvalue weighted by Crippen LogP contribution is 2.18. The lowest BCUT2D eigenvalue weighted by atomic mass is 10.1. The predicted octanol–water partition coefficient (Wildman–Crippen LogP) is 2.03. The Kier molecular flexibility index (Phi) is 5.98. The number of hydrogen-bond acceptors (Lipinski definition) is 3. The first-order valence-electron chi connectivity index (χ1n) is 8.14. The van der Waals surface area contributed by atoms with Crippen LogP contribution in [0.1, 0.15) is 15.9 Å². The lowest BCUT2D eigenvalue weighted by Crippen LogP contribution is -2.49. The van der Waals surface area contributed by atoms with Crippen LogP contribution in [0, 0.1) is 6.92 Å². The fraction of sp³-hybridized carbons (Fsp3) is 0.444. The van der Waals surface area contributed by atoms with Crippen LogP contribution < -0.4 is 5.32 Å². The normalized spacial score (nSPS) is 15.0. The largest absolute Gasteiger partial charge is 0.345 e. The fourth-order valence-electron chi connectivity index (χ4n) is 2.71. The zero-order valence-electron chi connectivity index (χ0n) is 14.7. The Balaban J connectivity index is 1.97. The molecule has 2 rings (SSSR count). The predicted molar refractivity (Wildman–Crippen MR) is 96.4 cm³/mol. The van der Waals surface area contributed by atoms with E-state index in [-0.39, 0.29) is 11.9 Å². The molecule has 1 saturated heterocycles. The molecular weight excluding hydrogens is 304 g/mol. The zero-order valence-corrected chi connectivity index (χ0v) is 14.7. The van der Waals surface area contributed by atoms with Crippen molar-refractivity contribution >= 4 is 17.6 Å². The molecule has 6 nitrogen and oxygen atoms in total. The van der Waals surface area contributed by atoms with Gasteiger partial charge in [-0.1, -0.05) is 6.08 Å². The van der Waals surface area contributed by atoms with E-state index in [1.54, 1.807) is 32.3 Å². The third kappa shape index (κ3) is 4.35. The van der Waals surface area contributed by atoms with E-state index in [0.29, 0.717) is 18.7 Å². The maximum atomic E-state index is 12.4. The van der Waals surface area contributed by atoms with Crippen molar-refractivity contribution in [3.63, 3.8) is 0 Å². The van der Waals surface area contributed by atoms with Gasteiger partial charge in [-0.15, -0.1) is 6.58 Å². The van der Waals surface area contributed by atoms with Crippen molar-refractivity contribution in [2.75, 3.05) is 52.1 Å². The van der Waals surface area contributed by atoms with Crippen molar-refractivity contribution < 1.29 is 9.59 Å². The van der Waals surface area contributed by atoms with Crippen molar-refractivity contribution in [1.82, 2.24) is 14.7 Å². The Hall–Kier alpha value is -2.34. The molecule has 3 amide bonds. The van der Waals surface area contributed by atoms with Crippen LogP contribution >= 0.6 is 0 Å². The summed E-state index contributed by atoms with van der Waals surface area (Å²) in [5, 5.41) is 2.95. The number of urea groups is 1. The third-order valence-electron chi connectivity index (χ3n) is 4.17. The first-order valence-corrected chi connectivity index (χ1v) is 8.14. The maximum Gasteiger partial charge on any atom is 0.321 e. The summed E-state index contributed by atoms with van der Waals surface area (Å²) in [6.45, 7) is 9.61. The number of hydrogen-bond donors (Lipinski definition) is 1. The lowest BCUT2D eigenvalue weighted by Gasteiger charge is -2.34. The molecule has 6 heteroatoms. The van der Waals surface area contributed by atoms with Crippen LogP contribution in [0.5, 0.6) is 0 Å². The quantitative estimate of drug-likeness (QED) is 0.860. The highest BCUT2D eigenvalue weighted by atomic mass is 16.2. The standard InChI is InChI=1S/C18H26N4O2/c1-5-8-21-9-11-22(12-10-21)18(24)19-16-7-6-15(13-14(16)2)17(23)20(3)4/h5-7,13H,1,8-12H2,2-4H3,(H,19,24). The van der Waals surface area contributed by atoms with E-state index in [2.05, 4.69) is 16.8 Å². The van der Waals surface area contributed by atoms with Gasteiger partial charge in [0.1, 0.15) is 0 Å². The van der Waals surface area contributed by atoms with Crippen molar-refractivity contribution in [3.05, 3.63) is 42.0 Å². The summed E-state index contributed by atoms with van der Waals surface area (Å²) in [5.74, 6) is -0.0469. The zero-order chi connectivity index (χ0) is 17.7. The summed E-state index contributed by atoms with van der Waals surface area (Å²) in [6.07, 6.45) is 1.88. The van der Waals surface area contributed by atoms with Crippen molar-refractivity contribution in [2.45, 2.75) is 6.92 Å². The molecule has 1 aromatic rings. The van der Waals surface area contributed by atoms with E-state index in [1.165, 1.54) is 4.90 Å². The monoisotopic (exact) mass is 330 g/mol. The van der Waals surface area contributed by atoms with Gasteiger partial charge in [0.15, 0.2) is 0 Å². The molecule has 1 aromatic carbocycles. The molecule has 24 heavy (non-hydrogen) atoms. The van der Waals surface area contributed by atoms with Gasteiger partial charge < -0.3 is 15.1 Å². The summed E-state index contributed by atoms with van der Waals surface area (Å²) >= 11 is 0. The lowest BCUT2D eigenvalue weighted by molar-refractivity contribution is 0.0827. The van der Waals surface area contributed by atoms with Gasteiger partial charge in [-0.05, 0) is 30.7 Å². The summed E-state index contributed by atoms with van der Waals surface area (Å²) < 4.78 is 0. The maximum absolute atomic E-state index is 12.4. The molecule has 1 fully saturated rings. The number of anilines is 1. The van der Waals surface area contributed by atoms with Gasteiger partial charge in [0, 0.05) is 58.1 Å². The average Bonchev–Trinajstić information content (AvgIpc) is 2.56. The van der Waals surface area contributed by atoms with E-state index in [1.807, 2.05) is 17.9 Å². The minimum atomic E-state index is -0.0944. The number of rotatable bonds is 4. The van der Waals surface area contributed by atoms with Crippen LogP contribution in [0.4, 0.5) is 10.5 Å². The molecule has 0 radical (unpaired) electrons. The molecule has 130 valence electrons. The fourth-order valence-corrected chi connectivity index (χ4v) is 2.71. The van der Waals surface area contributed by atoms with E-state index >= 15 is 0 Å². The molecular formula is C18H26N4O2. The van der Waals surface area contributed by atoms with Gasteiger partial charge >= 0.3 is 6.03 Å². The molecule has 0 saturated carbocycles. The minimum Gasteiger partial charge on any atom is -0.345 e. The number of nitrogens with one attached hydrogen (secondary N) is 1. The van der Waals surface area contributed by atoms with Gasteiger partial charge in [0.05, 0.1) is 0 Å². The Morgan fingerprint density at radius 3 is 2.46 bits per heavy atom. The van der Waals surface area contributed by atoms with Crippen molar-refractivity contribution in [1.29, 1.82) is 0 Å². The number of carbonyl (C=O) groups excluding carboxylic acids is 2. The van der Waals surface area contributed by atoms with E-state index in [4.69, 9.17) is 0 Å². The number of aryl methyl sites for hydroxylation is 1. The SMILES string of the molecule is C=CCN1CCN(C(=O)Nc2ccc(C(=O)N(C)C)cc2C)CC1. The minimum absolute atomic E-state index is 0.0469. The molecule has 1 aliphatic heterocycles. The number of benzene rings is 1. The summed E-state index contributed by atoms with van der Waals surface area (Å²) in [4.78, 5) is 30.0. The van der Waals surface area contributed by atoms with Crippen LogP contribution in [0.3, 0.4) is 0 Å². The highest BCUT2D eigenvalue weighted by Gasteiger charge is 2.21. The van der Waals surface area contributed by atoms with Crippen LogP contribution in [-0.4, -0.2) is 73.5 Å². The van der Waals surface area contributed by atoms with Gasteiger partial charge in [0.25, 0.3) is 5.91 Å². The smallest absolute Gasteiger partial charge is 0.321 e. The molecule has 1 heterocycles. The van der Waals surface area contributed by atoms with Crippen molar-refractivity contribution in [2.24, 2.45) is 0 Å². The molecule has 0 aliphatic carbocycles. The Morgan fingerprint density at radius 1 is 1.25 bits per heavy atom. The molecule has 0 spiro atoms. The van der Waals surface area contributed by atoms with E-state index in [9.17, 15) is 9.59 Å². The number of amides is 3. The molecule has 0 bridgehead atoms. The summed E-state index contributed by atoms with van der Waals surface area (Å²) in [7, 11) is 3.44. The molecule has 1 aliphatic rings. The Labute approximate surface area is 143 Å². The Morgan fingerprint density at radius 2 is 1.92 bits per heavy atom. The first-order chi connectivity index (χ1) is 11.4. The molecule has 0 unspecified atom stereocenters. The van der Waals surface area contributed by atoms with E-state index < -0.39 is 0 Å². The summed E-state index contributed by atoms with van der Waals surface area (Å²) in [5.41, 5.74) is 2.23. The van der Waals surface area contributed by atoms with Gasteiger partial charge in [-0.3, -0.25) is 9.69 Å². The van der Waals surface area contributed by atoms with Gasteiger partial charge in [-0.25, -0.2) is 4.79 Å². The summed E-state index contributed by atoms with van der Waals surface area (Å²) in [6, 6.07) is 5.24. The molecule has 0 aromatic heterocycles. The van der Waals surface area contributed by atoms with Crippen molar-refractivity contribution in [3.8, 4) is 0 Å². The second kappa shape index (κ2) is 7.97. The average molecular weight is 330 g/mol.